The van der Waals surface area contributed by atoms with Gasteiger partial charge in [-0.3, -0.25) is 5.10 Å². The van der Waals surface area contributed by atoms with Gasteiger partial charge in [0, 0.05) is 13.1 Å². The molecule has 0 aromatic carbocycles. The van der Waals surface area contributed by atoms with Crippen LogP contribution in [0.2, 0.25) is 0 Å². The van der Waals surface area contributed by atoms with Gasteiger partial charge < -0.3 is 5.11 Å². The summed E-state index contributed by atoms with van der Waals surface area (Å²) >= 11 is 0. The Hall–Kier alpha value is -1.41. The molecule has 1 aliphatic rings. The normalized spacial score (nSPS) is 19.9. The highest BCUT2D eigenvalue weighted by Gasteiger charge is 2.38. The summed E-state index contributed by atoms with van der Waals surface area (Å²) < 4.78 is 26.7. The molecule has 2 heterocycles. The molecule has 1 aliphatic heterocycles. The molecule has 1 aromatic heterocycles. The van der Waals surface area contributed by atoms with Crippen LogP contribution in [0.1, 0.15) is 42.9 Å². The Morgan fingerprint density at radius 3 is 2.65 bits per heavy atom. The lowest BCUT2D eigenvalue weighted by atomic mass is 9.85. The minimum atomic E-state index is -3.84. The molecule has 0 spiro atoms. The summed E-state index contributed by atoms with van der Waals surface area (Å²) in [6, 6.07) is 0. The molecule has 7 nitrogen and oxygen atoms in total. The highest BCUT2D eigenvalue weighted by atomic mass is 32.2. The summed E-state index contributed by atoms with van der Waals surface area (Å²) in [5.74, 6) is -1.34. The quantitative estimate of drug-likeness (QED) is 0.874. The third kappa shape index (κ3) is 2.57. The molecular weight excluding hydrogens is 282 g/mol. The van der Waals surface area contributed by atoms with Crippen molar-refractivity contribution in [2.45, 2.75) is 38.5 Å². The molecule has 1 aromatic rings. The molecule has 0 bridgehead atoms. The highest BCUT2D eigenvalue weighted by Crippen LogP contribution is 2.33. The molecule has 0 aliphatic carbocycles. The molecule has 0 atom stereocenters. The number of aromatic carboxylic acids is 1. The van der Waals surface area contributed by atoms with Gasteiger partial charge in [-0.1, -0.05) is 13.8 Å². The van der Waals surface area contributed by atoms with Crippen LogP contribution >= 0.6 is 0 Å². The van der Waals surface area contributed by atoms with Crippen LogP contribution in [0, 0.1) is 12.3 Å². The SMILES string of the molecule is Cc1[nH]nc(C(=O)O)c1S(=O)(=O)N1CCCC(C)(C)C1. The summed E-state index contributed by atoms with van der Waals surface area (Å²) in [6.07, 6.45) is 1.72. The smallest absolute Gasteiger partial charge is 0.357 e. The fourth-order valence-corrected chi connectivity index (χ4v) is 4.54. The molecule has 0 saturated carbocycles. The van der Waals surface area contributed by atoms with Crippen LogP contribution in [-0.2, 0) is 10.0 Å². The summed E-state index contributed by atoms with van der Waals surface area (Å²) in [5, 5.41) is 15.1. The number of nitrogens with zero attached hydrogens (tertiary/aromatic N) is 2. The topological polar surface area (TPSA) is 103 Å². The van der Waals surface area contributed by atoms with Gasteiger partial charge in [0.1, 0.15) is 4.90 Å². The number of carboxylic acid groups (broad SMARTS) is 1. The fraction of sp³-hybridized carbons (Fsp3) is 0.667. The number of hydrogen-bond acceptors (Lipinski definition) is 4. The van der Waals surface area contributed by atoms with E-state index in [0.29, 0.717) is 13.1 Å². The molecule has 1 fully saturated rings. The lowest BCUT2D eigenvalue weighted by Crippen LogP contribution is -2.43. The second kappa shape index (κ2) is 4.85. The van der Waals surface area contributed by atoms with E-state index in [2.05, 4.69) is 10.2 Å². The highest BCUT2D eigenvalue weighted by molar-refractivity contribution is 7.89. The Balaban J connectivity index is 2.46. The van der Waals surface area contributed by atoms with Gasteiger partial charge in [-0.25, -0.2) is 13.2 Å². The van der Waals surface area contributed by atoms with Crippen LogP contribution in [0.3, 0.4) is 0 Å². The average Bonchev–Trinajstić information content (AvgIpc) is 2.70. The zero-order valence-corrected chi connectivity index (χ0v) is 12.6. The molecular formula is C12H19N3O4S. The van der Waals surface area contributed by atoms with Crippen LogP contribution in [0.15, 0.2) is 4.90 Å². The number of sulfonamides is 1. The first-order valence-electron chi connectivity index (χ1n) is 6.43. The zero-order valence-electron chi connectivity index (χ0n) is 11.8. The van der Waals surface area contributed by atoms with Gasteiger partial charge in [-0.15, -0.1) is 0 Å². The number of carbonyl (C=O) groups is 1. The van der Waals surface area contributed by atoms with E-state index in [-0.39, 0.29) is 16.0 Å². The van der Waals surface area contributed by atoms with Crippen molar-refractivity contribution in [2.24, 2.45) is 5.41 Å². The van der Waals surface area contributed by atoms with Crippen molar-refractivity contribution in [3.05, 3.63) is 11.4 Å². The van der Waals surface area contributed by atoms with Gasteiger partial charge in [-0.2, -0.15) is 9.40 Å². The maximum atomic E-state index is 12.7. The number of rotatable bonds is 3. The van der Waals surface area contributed by atoms with Crippen LogP contribution in [0.25, 0.3) is 0 Å². The molecule has 0 unspecified atom stereocenters. The van der Waals surface area contributed by atoms with Crippen LogP contribution in [0.5, 0.6) is 0 Å². The first-order chi connectivity index (χ1) is 9.15. The molecule has 2 rings (SSSR count). The predicted molar refractivity (Wildman–Crippen MR) is 72.1 cm³/mol. The van der Waals surface area contributed by atoms with Crippen molar-refractivity contribution in [1.82, 2.24) is 14.5 Å². The van der Waals surface area contributed by atoms with E-state index >= 15 is 0 Å². The van der Waals surface area contributed by atoms with Crippen molar-refractivity contribution >= 4 is 16.0 Å². The first-order valence-corrected chi connectivity index (χ1v) is 7.87. The summed E-state index contributed by atoms with van der Waals surface area (Å²) in [6.45, 7) is 6.33. The van der Waals surface area contributed by atoms with Gasteiger partial charge in [-0.05, 0) is 25.2 Å². The van der Waals surface area contributed by atoms with Gasteiger partial charge >= 0.3 is 5.97 Å². The van der Waals surface area contributed by atoms with Crippen molar-refractivity contribution in [1.29, 1.82) is 0 Å². The Kier molecular flexibility index (Phi) is 3.64. The summed E-state index contributed by atoms with van der Waals surface area (Å²) in [4.78, 5) is 10.9. The fourth-order valence-electron chi connectivity index (χ4n) is 2.58. The Bertz CT molecular complexity index is 633. The number of aromatic amines is 1. The number of hydrogen-bond donors (Lipinski definition) is 2. The van der Waals surface area contributed by atoms with Gasteiger partial charge in [0.15, 0.2) is 5.69 Å². The molecule has 0 amide bonds. The minimum absolute atomic E-state index is 0.105. The average molecular weight is 301 g/mol. The maximum Gasteiger partial charge on any atom is 0.357 e. The number of piperidine rings is 1. The maximum absolute atomic E-state index is 12.7. The number of H-pyrrole nitrogens is 1. The molecule has 20 heavy (non-hydrogen) atoms. The molecule has 112 valence electrons. The Morgan fingerprint density at radius 2 is 2.10 bits per heavy atom. The monoisotopic (exact) mass is 301 g/mol. The second-order valence-electron chi connectivity index (χ2n) is 5.94. The van der Waals surface area contributed by atoms with Crippen LogP contribution in [0.4, 0.5) is 0 Å². The van der Waals surface area contributed by atoms with E-state index in [1.807, 2.05) is 13.8 Å². The van der Waals surface area contributed by atoms with E-state index in [0.717, 1.165) is 12.8 Å². The number of aryl methyl sites for hydroxylation is 1. The van der Waals surface area contributed by atoms with Gasteiger partial charge in [0.2, 0.25) is 10.0 Å². The second-order valence-corrected chi connectivity index (χ2v) is 7.81. The molecule has 2 N–H and O–H groups in total. The van der Waals surface area contributed by atoms with E-state index < -0.39 is 21.7 Å². The standard InChI is InChI=1S/C12H19N3O4S/c1-8-10(9(11(16)17)14-13-8)20(18,19)15-6-4-5-12(2,3)7-15/h4-7H2,1-3H3,(H,13,14)(H,16,17). The molecule has 0 radical (unpaired) electrons. The van der Waals surface area contributed by atoms with Crippen molar-refractivity contribution < 1.29 is 18.3 Å². The van der Waals surface area contributed by atoms with Crippen LogP contribution < -0.4 is 0 Å². The summed E-state index contributed by atoms with van der Waals surface area (Å²) in [7, 11) is -3.84. The zero-order chi connectivity index (χ0) is 15.1. The molecule has 1 saturated heterocycles. The van der Waals surface area contributed by atoms with Gasteiger partial charge in [0.05, 0.1) is 5.69 Å². The van der Waals surface area contributed by atoms with E-state index in [1.165, 1.54) is 11.2 Å². The largest absolute Gasteiger partial charge is 0.476 e. The summed E-state index contributed by atoms with van der Waals surface area (Å²) in [5.41, 5.74) is -0.288. The predicted octanol–water partition coefficient (Wildman–Crippen LogP) is 1.23. The van der Waals surface area contributed by atoms with E-state index in [1.54, 1.807) is 0 Å². The van der Waals surface area contributed by atoms with E-state index in [4.69, 9.17) is 5.11 Å². The third-order valence-electron chi connectivity index (χ3n) is 3.56. The Morgan fingerprint density at radius 1 is 1.45 bits per heavy atom. The van der Waals surface area contributed by atoms with Crippen molar-refractivity contribution in [3.63, 3.8) is 0 Å². The minimum Gasteiger partial charge on any atom is -0.476 e. The lowest BCUT2D eigenvalue weighted by molar-refractivity contribution is 0.0686. The van der Waals surface area contributed by atoms with Crippen LogP contribution in [-0.4, -0.2) is 47.1 Å². The van der Waals surface area contributed by atoms with Crippen molar-refractivity contribution in [3.8, 4) is 0 Å². The van der Waals surface area contributed by atoms with Gasteiger partial charge in [0.25, 0.3) is 0 Å². The van der Waals surface area contributed by atoms with E-state index in [9.17, 15) is 13.2 Å². The molecule has 8 heteroatoms. The number of carboxylic acids is 1. The number of nitrogens with one attached hydrogen (secondary N) is 1. The van der Waals surface area contributed by atoms with Crippen molar-refractivity contribution in [2.75, 3.05) is 13.1 Å². The Labute approximate surface area is 118 Å². The number of aromatic nitrogens is 2. The first kappa shape index (κ1) is 15.0. The third-order valence-corrected chi connectivity index (χ3v) is 5.56. The lowest BCUT2D eigenvalue weighted by Gasteiger charge is -2.37.